The minimum Gasteiger partial charge on any atom is -0.508 e. The molecular formula is C16H23NO2. The molecule has 1 saturated carbocycles. The van der Waals surface area contributed by atoms with Crippen LogP contribution in [0.4, 0.5) is 0 Å². The summed E-state index contributed by atoms with van der Waals surface area (Å²) in [4.78, 5) is 12.2. The van der Waals surface area contributed by atoms with E-state index in [9.17, 15) is 9.90 Å². The van der Waals surface area contributed by atoms with Crippen molar-refractivity contribution in [2.45, 2.75) is 52.0 Å². The van der Waals surface area contributed by atoms with Gasteiger partial charge in [0.05, 0.1) is 0 Å². The number of aromatic hydroxyl groups is 1. The molecule has 0 unspecified atom stereocenters. The fourth-order valence-electron chi connectivity index (χ4n) is 2.88. The highest BCUT2D eigenvalue weighted by molar-refractivity contribution is 5.95. The Hall–Kier alpha value is -1.51. The maximum Gasteiger partial charge on any atom is 0.251 e. The second-order valence-corrected chi connectivity index (χ2v) is 5.60. The van der Waals surface area contributed by atoms with Gasteiger partial charge in [0.1, 0.15) is 5.75 Å². The van der Waals surface area contributed by atoms with Crippen LogP contribution in [0, 0.1) is 12.8 Å². The van der Waals surface area contributed by atoms with Crippen molar-refractivity contribution < 1.29 is 9.90 Å². The van der Waals surface area contributed by atoms with E-state index in [4.69, 9.17) is 0 Å². The molecule has 1 aliphatic carbocycles. The molecule has 2 rings (SSSR count). The van der Waals surface area contributed by atoms with E-state index < -0.39 is 0 Å². The number of hydrogen-bond acceptors (Lipinski definition) is 2. The van der Waals surface area contributed by atoms with Gasteiger partial charge in [0.15, 0.2) is 0 Å². The topological polar surface area (TPSA) is 49.3 Å². The largest absolute Gasteiger partial charge is 0.508 e. The number of hydrogen-bond donors (Lipinski definition) is 2. The number of rotatable bonds is 3. The average Bonchev–Trinajstić information content (AvgIpc) is 2.39. The minimum atomic E-state index is -0.0163. The Labute approximate surface area is 115 Å². The zero-order valence-corrected chi connectivity index (χ0v) is 11.8. The van der Waals surface area contributed by atoms with E-state index in [1.54, 1.807) is 18.2 Å². The molecule has 0 atom stereocenters. The monoisotopic (exact) mass is 261 g/mol. The lowest BCUT2D eigenvalue weighted by atomic mass is 9.84. The molecule has 0 spiro atoms. The van der Waals surface area contributed by atoms with Gasteiger partial charge in [-0.1, -0.05) is 13.3 Å². The summed E-state index contributed by atoms with van der Waals surface area (Å²) >= 11 is 0. The number of aryl methyl sites for hydroxylation is 1. The van der Waals surface area contributed by atoms with Crippen LogP contribution in [0.3, 0.4) is 0 Å². The normalized spacial score (nSPS) is 23.1. The van der Waals surface area contributed by atoms with Gasteiger partial charge in [-0.3, -0.25) is 4.79 Å². The van der Waals surface area contributed by atoms with Gasteiger partial charge in [-0.2, -0.15) is 0 Å². The van der Waals surface area contributed by atoms with Crippen LogP contribution in [-0.2, 0) is 0 Å². The van der Waals surface area contributed by atoms with Crippen LogP contribution >= 0.6 is 0 Å². The number of carbonyl (C=O) groups is 1. The molecule has 3 heteroatoms. The number of phenols is 1. The van der Waals surface area contributed by atoms with E-state index in [-0.39, 0.29) is 11.7 Å². The molecule has 0 bridgehead atoms. The first-order valence-corrected chi connectivity index (χ1v) is 7.20. The molecule has 1 aliphatic rings. The number of nitrogens with one attached hydrogen (secondary N) is 1. The predicted octanol–water partition coefficient (Wildman–Crippen LogP) is 3.40. The van der Waals surface area contributed by atoms with Gasteiger partial charge < -0.3 is 10.4 Å². The Balaban J connectivity index is 1.94. The average molecular weight is 261 g/mol. The Morgan fingerprint density at radius 3 is 2.58 bits per heavy atom. The smallest absolute Gasteiger partial charge is 0.251 e. The molecule has 0 aromatic heterocycles. The van der Waals surface area contributed by atoms with Crippen LogP contribution in [0.1, 0.15) is 54.9 Å². The number of benzene rings is 1. The first-order valence-electron chi connectivity index (χ1n) is 7.20. The third-order valence-corrected chi connectivity index (χ3v) is 4.21. The van der Waals surface area contributed by atoms with Crippen molar-refractivity contribution in [3.8, 4) is 5.75 Å². The quantitative estimate of drug-likeness (QED) is 0.876. The zero-order chi connectivity index (χ0) is 13.8. The Morgan fingerprint density at radius 1 is 1.32 bits per heavy atom. The Kier molecular flexibility index (Phi) is 4.46. The number of carbonyl (C=O) groups excluding carboxylic acids is 1. The lowest BCUT2D eigenvalue weighted by molar-refractivity contribution is 0.0921. The second kappa shape index (κ2) is 6.09. The fourth-order valence-corrected chi connectivity index (χ4v) is 2.88. The van der Waals surface area contributed by atoms with Gasteiger partial charge in [0.2, 0.25) is 0 Å². The zero-order valence-electron chi connectivity index (χ0n) is 11.8. The molecule has 19 heavy (non-hydrogen) atoms. The number of phenolic OH excluding ortho intramolecular Hbond substituents is 1. The summed E-state index contributed by atoms with van der Waals surface area (Å²) in [6, 6.07) is 5.19. The van der Waals surface area contributed by atoms with Crippen molar-refractivity contribution >= 4 is 5.91 Å². The highest BCUT2D eigenvalue weighted by atomic mass is 16.3. The molecule has 0 heterocycles. The van der Waals surface area contributed by atoms with Crippen LogP contribution in [-0.4, -0.2) is 17.1 Å². The summed E-state index contributed by atoms with van der Waals surface area (Å²) in [7, 11) is 0. The van der Waals surface area contributed by atoms with E-state index >= 15 is 0 Å². The van der Waals surface area contributed by atoms with Crippen LogP contribution in [0.2, 0.25) is 0 Å². The molecule has 0 saturated heterocycles. The summed E-state index contributed by atoms with van der Waals surface area (Å²) in [5, 5.41) is 12.5. The summed E-state index contributed by atoms with van der Waals surface area (Å²) in [6.45, 7) is 4.09. The molecule has 0 aliphatic heterocycles. The van der Waals surface area contributed by atoms with E-state index in [0.717, 1.165) is 24.3 Å². The number of amides is 1. The molecule has 2 N–H and O–H groups in total. The molecule has 3 nitrogen and oxygen atoms in total. The van der Waals surface area contributed by atoms with Crippen LogP contribution < -0.4 is 5.32 Å². The first-order chi connectivity index (χ1) is 9.10. The third-order valence-electron chi connectivity index (χ3n) is 4.21. The van der Waals surface area contributed by atoms with Crippen molar-refractivity contribution in [3.63, 3.8) is 0 Å². The van der Waals surface area contributed by atoms with Gasteiger partial charge in [0.25, 0.3) is 5.91 Å². The first kappa shape index (κ1) is 13.9. The SMILES string of the molecule is CCC1CCC(NC(=O)c2ccc(O)cc2C)CC1. The van der Waals surface area contributed by atoms with Crippen LogP contribution in [0.25, 0.3) is 0 Å². The van der Waals surface area contributed by atoms with Gasteiger partial charge >= 0.3 is 0 Å². The van der Waals surface area contributed by atoms with Crippen molar-refractivity contribution in [1.82, 2.24) is 5.32 Å². The molecule has 1 aromatic rings. The van der Waals surface area contributed by atoms with Crippen LogP contribution in [0.15, 0.2) is 18.2 Å². The van der Waals surface area contributed by atoms with E-state index in [1.807, 2.05) is 6.92 Å². The standard InChI is InChI=1S/C16H23NO2/c1-3-12-4-6-13(7-5-12)17-16(19)15-9-8-14(18)10-11(15)2/h8-10,12-13,18H,3-7H2,1-2H3,(H,17,19). The second-order valence-electron chi connectivity index (χ2n) is 5.60. The Morgan fingerprint density at radius 2 is 2.00 bits per heavy atom. The third kappa shape index (κ3) is 3.49. The van der Waals surface area contributed by atoms with Gasteiger partial charge in [-0.15, -0.1) is 0 Å². The van der Waals surface area contributed by atoms with Crippen LogP contribution in [0.5, 0.6) is 5.75 Å². The highest BCUT2D eigenvalue weighted by Crippen LogP contribution is 2.26. The molecule has 0 radical (unpaired) electrons. The minimum absolute atomic E-state index is 0.0163. The van der Waals surface area contributed by atoms with E-state index in [0.29, 0.717) is 11.6 Å². The molecule has 1 aromatic carbocycles. The van der Waals surface area contributed by atoms with Gasteiger partial charge in [0, 0.05) is 11.6 Å². The summed E-state index contributed by atoms with van der Waals surface area (Å²) in [6.07, 6.45) is 5.85. The Bertz CT molecular complexity index is 448. The summed E-state index contributed by atoms with van der Waals surface area (Å²) in [5.74, 6) is 1.03. The molecule has 1 fully saturated rings. The molecule has 1 amide bonds. The van der Waals surface area contributed by atoms with Crippen molar-refractivity contribution in [1.29, 1.82) is 0 Å². The van der Waals surface area contributed by atoms with Crippen molar-refractivity contribution in [2.75, 3.05) is 0 Å². The fraction of sp³-hybridized carbons (Fsp3) is 0.562. The maximum absolute atomic E-state index is 12.2. The van der Waals surface area contributed by atoms with E-state index in [1.165, 1.54) is 19.3 Å². The molecular weight excluding hydrogens is 238 g/mol. The lowest BCUT2D eigenvalue weighted by Crippen LogP contribution is -2.37. The lowest BCUT2D eigenvalue weighted by Gasteiger charge is -2.28. The highest BCUT2D eigenvalue weighted by Gasteiger charge is 2.22. The summed E-state index contributed by atoms with van der Waals surface area (Å²) in [5.41, 5.74) is 1.48. The maximum atomic E-state index is 12.2. The van der Waals surface area contributed by atoms with Crippen molar-refractivity contribution in [3.05, 3.63) is 29.3 Å². The van der Waals surface area contributed by atoms with E-state index in [2.05, 4.69) is 12.2 Å². The van der Waals surface area contributed by atoms with Crippen molar-refractivity contribution in [2.24, 2.45) is 5.92 Å². The molecule has 104 valence electrons. The van der Waals surface area contributed by atoms with Gasteiger partial charge in [-0.25, -0.2) is 0 Å². The van der Waals surface area contributed by atoms with Gasteiger partial charge in [-0.05, 0) is 62.3 Å². The predicted molar refractivity (Wildman–Crippen MR) is 76.3 cm³/mol. The summed E-state index contributed by atoms with van der Waals surface area (Å²) < 4.78 is 0.